The first-order valence-electron chi connectivity index (χ1n) is 24.1. The molecule has 0 radical (unpaired) electrons. The van der Waals surface area contributed by atoms with Crippen LogP contribution in [0.5, 0.6) is 5.75 Å². The molecule has 10 amide bonds. The Morgan fingerprint density at radius 1 is 0.797 bits per heavy atom. The van der Waals surface area contributed by atoms with Crippen LogP contribution in [0.2, 0.25) is 0 Å². The number of phenolic OH excluding ortho intramolecular Hbond substituents is 1. The third-order valence-corrected chi connectivity index (χ3v) is 15.1. The second kappa shape index (κ2) is 28.4. The van der Waals surface area contributed by atoms with Crippen molar-refractivity contribution in [3.05, 3.63) is 65.7 Å². The van der Waals surface area contributed by atoms with Gasteiger partial charge in [0.1, 0.15) is 48.0 Å². The number of nitrogens with one attached hydrogen (secondary N) is 7. The normalized spacial score (nSPS) is 22.6. The third-order valence-electron chi connectivity index (χ3n) is 11.8. The Hall–Kier alpha value is -7.09. The van der Waals surface area contributed by atoms with Gasteiger partial charge in [-0.25, -0.2) is 0 Å². The molecule has 2 fully saturated rings. The van der Waals surface area contributed by atoms with Gasteiger partial charge in [0.2, 0.25) is 59.1 Å². The maximum Gasteiger partial charge on any atom is 0.246 e. The lowest BCUT2D eigenvalue weighted by atomic mass is 9.99. The fraction of sp³-hybridized carbons (Fsp3) is 0.521. The number of aliphatic imine (C=N–C) groups is 1. The van der Waals surface area contributed by atoms with Gasteiger partial charge in [0.15, 0.2) is 5.96 Å². The zero-order chi connectivity index (χ0) is 54.7. The summed E-state index contributed by atoms with van der Waals surface area (Å²) in [4.78, 5) is 142. The summed E-state index contributed by atoms with van der Waals surface area (Å²) in [6, 6.07) is 5.45. The maximum absolute atomic E-state index is 14.7. The van der Waals surface area contributed by atoms with Gasteiger partial charge in [-0.15, -0.1) is 0 Å². The summed E-state index contributed by atoms with van der Waals surface area (Å²) in [6.45, 7) is 6.40. The van der Waals surface area contributed by atoms with Gasteiger partial charge in [-0.2, -0.15) is 0 Å². The molecule has 26 heteroatoms. The molecule has 0 aromatic heterocycles. The highest BCUT2D eigenvalue weighted by atomic mass is 33.1. The minimum Gasteiger partial charge on any atom is -0.508 e. The molecule has 404 valence electrons. The average molecular weight is 1070 g/mol. The molecule has 2 aliphatic rings. The Kier molecular flexibility index (Phi) is 22.8. The van der Waals surface area contributed by atoms with E-state index in [2.05, 4.69) is 42.2 Å². The van der Waals surface area contributed by atoms with Crippen molar-refractivity contribution in [3.8, 4) is 5.75 Å². The van der Waals surface area contributed by atoms with Crippen LogP contribution in [-0.4, -0.2) is 147 Å². The monoisotopic (exact) mass is 1070 g/mol. The van der Waals surface area contributed by atoms with Crippen molar-refractivity contribution in [2.24, 2.45) is 33.8 Å². The quantitative estimate of drug-likeness (QED) is 0.0347. The number of primary amides is 2. The van der Waals surface area contributed by atoms with Crippen molar-refractivity contribution >= 4 is 86.6 Å². The highest BCUT2D eigenvalue weighted by Gasteiger charge is 2.41. The highest BCUT2D eigenvalue weighted by molar-refractivity contribution is 8.77. The highest BCUT2D eigenvalue weighted by Crippen LogP contribution is 2.39. The number of hydrogen-bond donors (Lipinski definition) is 12. The van der Waals surface area contributed by atoms with Gasteiger partial charge in [0.05, 0.1) is 13.0 Å². The van der Waals surface area contributed by atoms with E-state index < -0.39 is 125 Å². The van der Waals surface area contributed by atoms with Crippen molar-refractivity contribution < 1.29 is 53.1 Å². The Morgan fingerprint density at radius 3 is 2.03 bits per heavy atom. The molecule has 4 rings (SSSR count). The van der Waals surface area contributed by atoms with Crippen LogP contribution >= 0.6 is 21.6 Å². The number of likely N-dealkylation sites (tertiary alicyclic amines) is 1. The summed E-state index contributed by atoms with van der Waals surface area (Å²) >= 11 is 0. The Labute approximate surface area is 437 Å². The van der Waals surface area contributed by atoms with Crippen molar-refractivity contribution in [1.82, 2.24) is 42.1 Å². The molecular formula is C48H69N13O11S2. The predicted molar refractivity (Wildman–Crippen MR) is 278 cm³/mol. The van der Waals surface area contributed by atoms with Gasteiger partial charge in [-0.05, 0) is 68.7 Å². The number of nitrogens with two attached hydrogens (primary N) is 4. The molecular weight excluding hydrogens is 999 g/mol. The third kappa shape index (κ3) is 19.4. The first kappa shape index (κ1) is 59.5. The maximum atomic E-state index is 14.7. The van der Waals surface area contributed by atoms with E-state index in [4.69, 9.17) is 22.9 Å². The van der Waals surface area contributed by atoms with Crippen LogP contribution in [-0.2, 0) is 60.8 Å². The number of phenols is 1. The minimum atomic E-state index is -1.67. The fourth-order valence-electron chi connectivity index (χ4n) is 8.08. The van der Waals surface area contributed by atoms with Gasteiger partial charge in [-0.1, -0.05) is 77.9 Å². The molecule has 0 saturated carbocycles. The molecule has 7 atom stereocenters. The van der Waals surface area contributed by atoms with Gasteiger partial charge in [0.25, 0.3) is 0 Å². The molecule has 2 aromatic carbocycles. The van der Waals surface area contributed by atoms with Crippen molar-refractivity contribution in [1.29, 1.82) is 0 Å². The number of hydrogen-bond acceptors (Lipinski definition) is 14. The van der Waals surface area contributed by atoms with E-state index in [1.807, 2.05) is 0 Å². The Balaban J connectivity index is 1.71. The SMILES string of the molecule is CC(C)C1NC(=O)C(Cc2ccccc2)NC(=O)C(Cc2ccc(O)cc2)NC(=O)CC(C)(C)SSCC(C(=O)N2CCCC2C(=O)NC(CCCN=C(N)N)C(=O)NCC(N)=O)NC(=O)C(CC(N)=O)NC1=O. The number of aromatic hydroxyl groups is 1. The second-order valence-corrected chi connectivity index (χ2v) is 22.0. The van der Waals surface area contributed by atoms with E-state index in [1.165, 1.54) is 27.8 Å². The first-order chi connectivity index (χ1) is 34.9. The van der Waals surface area contributed by atoms with Crippen molar-refractivity contribution in [2.75, 3.05) is 25.4 Å². The van der Waals surface area contributed by atoms with Crippen molar-refractivity contribution in [3.63, 3.8) is 0 Å². The van der Waals surface area contributed by atoms with Gasteiger partial charge >= 0.3 is 0 Å². The Morgan fingerprint density at radius 2 is 1.41 bits per heavy atom. The van der Waals surface area contributed by atoms with Crippen LogP contribution in [0.1, 0.15) is 77.3 Å². The standard InChI is InChI=1S/C48H69N13O11S2/c1-26(2)39-45(71)58-33(22-36(49)63)42(68)59-34(46(72)61-19-9-13-35(61)44(70)56-30(12-8-18-53-47(51)52)40(66)54-24-37(50)64)25-73-74-48(3,4)23-38(65)55-31(21-28-14-16-29(62)17-15-28)41(67)57-32(43(69)60-39)20-27-10-6-5-7-11-27/h5-7,10-11,14-17,26,30-35,39,62H,8-9,12-13,18-25H2,1-4H3,(H2,49,63)(H2,50,64)(H,54,66)(H,55,65)(H,56,70)(H,57,67)(H,58,71)(H,59,68)(H,60,69)(H4,51,52,53). The van der Waals surface area contributed by atoms with E-state index in [-0.39, 0.29) is 69.1 Å². The van der Waals surface area contributed by atoms with Crippen LogP contribution in [0.15, 0.2) is 59.6 Å². The molecule has 0 bridgehead atoms. The lowest BCUT2D eigenvalue weighted by Crippen LogP contribution is -2.61. The number of benzene rings is 2. The van der Waals surface area contributed by atoms with E-state index >= 15 is 0 Å². The van der Waals surface area contributed by atoms with Gasteiger partial charge < -0.3 is 70.2 Å². The number of carbonyl (C=O) groups is 10. The molecule has 2 aromatic rings. The lowest BCUT2D eigenvalue weighted by molar-refractivity contribution is -0.142. The Bertz CT molecular complexity index is 2370. The van der Waals surface area contributed by atoms with Crippen molar-refractivity contribution in [2.45, 2.75) is 126 Å². The minimum absolute atomic E-state index is 0.0180. The number of amides is 10. The van der Waals surface area contributed by atoms with E-state index in [1.54, 1.807) is 70.2 Å². The van der Waals surface area contributed by atoms with Crippen LogP contribution in [0.25, 0.3) is 0 Å². The summed E-state index contributed by atoms with van der Waals surface area (Å²) in [5, 5.41) is 28.4. The summed E-state index contributed by atoms with van der Waals surface area (Å²) in [7, 11) is 2.29. The van der Waals surface area contributed by atoms with E-state index in [9.17, 15) is 53.1 Å². The number of guanidine groups is 1. The summed E-state index contributed by atoms with van der Waals surface area (Å²) in [5.74, 6) is -8.95. The number of nitrogens with zero attached hydrogens (tertiary/aromatic N) is 2. The second-order valence-electron chi connectivity index (χ2n) is 19.0. The zero-order valence-corrected chi connectivity index (χ0v) is 43.5. The van der Waals surface area contributed by atoms with E-state index in [0.717, 1.165) is 10.8 Å². The average Bonchev–Trinajstić information content (AvgIpc) is 3.82. The van der Waals surface area contributed by atoms with E-state index in [0.29, 0.717) is 17.5 Å². The van der Waals surface area contributed by atoms with Gasteiger partial charge in [-0.3, -0.25) is 52.9 Å². The molecule has 0 aliphatic carbocycles. The smallest absolute Gasteiger partial charge is 0.246 e. The molecule has 2 aliphatic heterocycles. The molecule has 24 nitrogen and oxygen atoms in total. The number of rotatable bonds is 17. The molecule has 7 unspecified atom stereocenters. The fourth-order valence-corrected chi connectivity index (χ4v) is 10.8. The van der Waals surface area contributed by atoms with Crippen LogP contribution < -0.4 is 60.2 Å². The molecule has 0 spiro atoms. The van der Waals surface area contributed by atoms with Crippen LogP contribution in [0.3, 0.4) is 0 Å². The number of carbonyl (C=O) groups excluding carboxylic acids is 10. The summed E-state index contributed by atoms with van der Waals surface area (Å²) in [6.07, 6.45) is -0.207. The van der Waals surface area contributed by atoms with Crippen LogP contribution in [0.4, 0.5) is 0 Å². The van der Waals surface area contributed by atoms with Crippen LogP contribution in [0, 0.1) is 5.92 Å². The topological polar surface area (TPSA) is 395 Å². The molecule has 2 heterocycles. The first-order valence-corrected chi connectivity index (χ1v) is 26.4. The molecule has 2 saturated heterocycles. The lowest BCUT2D eigenvalue weighted by Gasteiger charge is -2.32. The molecule has 16 N–H and O–H groups in total. The predicted octanol–water partition coefficient (Wildman–Crippen LogP) is -2.17. The largest absolute Gasteiger partial charge is 0.508 e. The van der Waals surface area contributed by atoms with Gasteiger partial charge in [0, 0.05) is 42.9 Å². The summed E-state index contributed by atoms with van der Waals surface area (Å²) in [5.41, 5.74) is 22.9. The zero-order valence-electron chi connectivity index (χ0n) is 41.9. The summed E-state index contributed by atoms with van der Waals surface area (Å²) < 4.78 is -0.905. The molecule has 74 heavy (non-hydrogen) atoms.